The zero-order chi connectivity index (χ0) is 14.0. The van der Waals surface area contributed by atoms with Gasteiger partial charge in [0.25, 0.3) is 0 Å². The normalized spacial score (nSPS) is 17.0. The first-order valence-corrected chi connectivity index (χ1v) is 6.36. The summed E-state index contributed by atoms with van der Waals surface area (Å²) < 4.78 is 53.6. The minimum absolute atomic E-state index is 0.236. The van der Waals surface area contributed by atoms with Gasteiger partial charge in [0.05, 0.1) is 0 Å². The van der Waals surface area contributed by atoms with Gasteiger partial charge >= 0.3 is 0 Å². The van der Waals surface area contributed by atoms with Gasteiger partial charge in [-0.25, -0.2) is 17.6 Å². The molecule has 1 aliphatic heterocycles. The molecule has 1 aliphatic rings. The maximum absolute atomic E-state index is 13.6. The molecule has 0 spiro atoms. The van der Waals surface area contributed by atoms with E-state index >= 15 is 0 Å². The molecule has 106 valence electrons. The average Bonchev–Trinajstić information content (AvgIpc) is 2.39. The minimum atomic E-state index is -1.36. The smallest absolute Gasteiger partial charge is 0.185 e. The standard InChI is InChI=1S/C13H16F4N2/c1-2-18-8-3-5-19(6-4-8)13-11(16)9(14)7-10(15)12(13)17/h7-8,18H,2-6H2,1H3. The van der Waals surface area contributed by atoms with E-state index in [1.807, 2.05) is 6.92 Å². The van der Waals surface area contributed by atoms with Crippen molar-refractivity contribution in [2.75, 3.05) is 24.5 Å². The Kier molecular flexibility index (Phi) is 4.29. The lowest BCUT2D eigenvalue weighted by molar-refractivity contribution is 0.406. The Balaban J connectivity index is 2.20. The van der Waals surface area contributed by atoms with Crippen LogP contribution in [0.2, 0.25) is 0 Å². The molecular weight excluding hydrogens is 260 g/mol. The van der Waals surface area contributed by atoms with Crippen LogP contribution in [-0.2, 0) is 0 Å². The van der Waals surface area contributed by atoms with E-state index in [-0.39, 0.29) is 12.1 Å². The number of hydrogen-bond acceptors (Lipinski definition) is 2. The van der Waals surface area contributed by atoms with E-state index < -0.39 is 29.0 Å². The topological polar surface area (TPSA) is 15.3 Å². The molecule has 0 atom stereocenters. The molecule has 19 heavy (non-hydrogen) atoms. The van der Waals surface area contributed by atoms with Crippen molar-refractivity contribution in [1.29, 1.82) is 0 Å². The zero-order valence-corrected chi connectivity index (χ0v) is 10.6. The molecule has 6 heteroatoms. The van der Waals surface area contributed by atoms with Crippen molar-refractivity contribution in [3.63, 3.8) is 0 Å². The Morgan fingerprint density at radius 3 is 2.11 bits per heavy atom. The van der Waals surface area contributed by atoms with Crippen molar-refractivity contribution in [2.45, 2.75) is 25.8 Å². The number of nitrogens with one attached hydrogen (secondary N) is 1. The van der Waals surface area contributed by atoms with Crippen LogP contribution in [0.25, 0.3) is 0 Å². The van der Waals surface area contributed by atoms with E-state index in [9.17, 15) is 17.6 Å². The molecule has 0 bridgehead atoms. The molecular formula is C13H16F4N2. The van der Waals surface area contributed by atoms with Crippen molar-refractivity contribution in [1.82, 2.24) is 5.32 Å². The van der Waals surface area contributed by atoms with Crippen molar-refractivity contribution in [3.8, 4) is 0 Å². The van der Waals surface area contributed by atoms with E-state index in [0.29, 0.717) is 25.9 Å². The summed E-state index contributed by atoms with van der Waals surface area (Å²) in [7, 11) is 0. The Morgan fingerprint density at radius 2 is 1.63 bits per heavy atom. The van der Waals surface area contributed by atoms with Gasteiger partial charge in [0.2, 0.25) is 0 Å². The van der Waals surface area contributed by atoms with Gasteiger partial charge in [-0.1, -0.05) is 6.92 Å². The van der Waals surface area contributed by atoms with Gasteiger partial charge in [0.1, 0.15) is 5.69 Å². The van der Waals surface area contributed by atoms with Crippen LogP contribution in [0.5, 0.6) is 0 Å². The van der Waals surface area contributed by atoms with Crippen LogP contribution in [0.4, 0.5) is 23.2 Å². The molecule has 2 rings (SSSR count). The maximum atomic E-state index is 13.6. The van der Waals surface area contributed by atoms with Gasteiger partial charge in [0, 0.05) is 25.2 Å². The Hall–Kier alpha value is -1.30. The van der Waals surface area contributed by atoms with Gasteiger partial charge in [-0.05, 0) is 19.4 Å². The van der Waals surface area contributed by atoms with Gasteiger partial charge < -0.3 is 10.2 Å². The minimum Gasteiger partial charge on any atom is -0.366 e. The molecule has 1 saturated heterocycles. The monoisotopic (exact) mass is 276 g/mol. The quantitative estimate of drug-likeness (QED) is 0.674. The second-order valence-corrected chi connectivity index (χ2v) is 4.64. The fourth-order valence-corrected chi connectivity index (χ4v) is 2.43. The summed E-state index contributed by atoms with van der Waals surface area (Å²) in [5, 5.41) is 3.25. The van der Waals surface area contributed by atoms with Gasteiger partial charge in [-0.3, -0.25) is 0 Å². The fourth-order valence-electron chi connectivity index (χ4n) is 2.43. The molecule has 1 aromatic carbocycles. The predicted molar refractivity (Wildman–Crippen MR) is 65.2 cm³/mol. The molecule has 1 aromatic rings. The van der Waals surface area contributed by atoms with E-state index in [0.717, 1.165) is 6.54 Å². The molecule has 0 amide bonds. The highest BCUT2D eigenvalue weighted by Crippen LogP contribution is 2.29. The molecule has 0 aliphatic carbocycles. The summed E-state index contributed by atoms with van der Waals surface area (Å²) in [5.41, 5.74) is -0.590. The lowest BCUT2D eigenvalue weighted by atomic mass is 10.0. The summed E-state index contributed by atoms with van der Waals surface area (Å²) >= 11 is 0. The summed E-state index contributed by atoms with van der Waals surface area (Å²) in [6.45, 7) is 3.54. The first kappa shape index (κ1) is 14.1. The Labute approximate surface area is 109 Å². The van der Waals surface area contributed by atoms with Crippen molar-refractivity contribution < 1.29 is 17.6 Å². The summed E-state index contributed by atoms with van der Waals surface area (Å²) in [6, 6.07) is 0.519. The zero-order valence-electron chi connectivity index (χ0n) is 10.6. The largest absolute Gasteiger partial charge is 0.366 e. The maximum Gasteiger partial charge on any atom is 0.185 e. The molecule has 0 radical (unpaired) electrons. The first-order valence-electron chi connectivity index (χ1n) is 6.36. The Morgan fingerprint density at radius 1 is 1.11 bits per heavy atom. The van der Waals surface area contributed by atoms with Crippen molar-refractivity contribution in [3.05, 3.63) is 29.3 Å². The third-order valence-electron chi connectivity index (χ3n) is 3.39. The van der Waals surface area contributed by atoms with Crippen LogP contribution in [0.15, 0.2) is 6.07 Å². The van der Waals surface area contributed by atoms with E-state index in [4.69, 9.17) is 0 Å². The number of anilines is 1. The molecule has 1 fully saturated rings. The van der Waals surface area contributed by atoms with Crippen molar-refractivity contribution in [2.24, 2.45) is 0 Å². The number of rotatable bonds is 3. The van der Waals surface area contributed by atoms with Crippen LogP contribution in [-0.4, -0.2) is 25.7 Å². The van der Waals surface area contributed by atoms with E-state index in [1.165, 1.54) is 4.90 Å². The first-order chi connectivity index (χ1) is 9.04. The predicted octanol–water partition coefficient (Wildman–Crippen LogP) is 2.82. The third kappa shape index (κ3) is 2.83. The highest BCUT2D eigenvalue weighted by molar-refractivity contribution is 5.50. The van der Waals surface area contributed by atoms with Crippen LogP contribution in [0.1, 0.15) is 19.8 Å². The average molecular weight is 276 g/mol. The highest BCUT2D eigenvalue weighted by atomic mass is 19.2. The van der Waals surface area contributed by atoms with Gasteiger partial charge in [0.15, 0.2) is 23.3 Å². The molecule has 0 unspecified atom stereocenters. The van der Waals surface area contributed by atoms with E-state index in [1.54, 1.807) is 0 Å². The van der Waals surface area contributed by atoms with Gasteiger partial charge in [-0.15, -0.1) is 0 Å². The molecule has 1 N–H and O–H groups in total. The Bertz CT molecular complexity index is 430. The number of hydrogen-bond donors (Lipinski definition) is 1. The third-order valence-corrected chi connectivity index (χ3v) is 3.39. The summed E-state index contributed by atoms with van der Waals surface area (Å²) in [4.78, 5) is 1.37. The highest BCUT2D eigenvalue weighted by Gasteiger charge is 2.27. The van der Waals surface area contributed by atoms with Crippen LogP contribution in [0.3, 0.4) is 0 Å². The number of nitrogens with zero attached hydrogens (tertiary/aromatic N) is 1. The SMILES string of the molecule is CCNC1CCN(c2c(F)c(F)cc(F)c2F)CC1. The fraction of sp³-hybridized carbons (Fsp3) is 0.538. The van der Waals surface area contributed by atoms with Gasteiger partial charge in [-0.2, -0.15) is 0 Å². The van der Waals surface area contributed by atoms with Crippen LogP contribution < -0.4 is 10.2 Å². The number of piperidine rings is 1. The van der Waals surface area contributed by atoms with Crippen molar-refractivity contribution >= 4 is 5.69 Å². The molecule has 1 heterocycles. The second-order valence-electron chi connectivity index (χ2n) is 4.64. The molecule has 2 nitrogen and oxygen atoms in total. The lowest BCUT2D eigenvalue weighted by Crippen LogP contribution is -2.43. The number of benzene rings is 1. The summed E-state index contributed by atoms with van der Waals surface area (Å²) in [6.07, 6.45) is 1.37. The molecule has 0 aromatic heterocycles. The van der Waals surface area contributed by atoms with Crippen LogP contribution >= 0.6 is 0 Å². The summed E-state index contributed by atoms with van der Waals surface area (Å²) in [5.74, 6) is -5.35. The number of halogens is 4. The lowest BCUT2D eigenvalue weighted by Gasteiger charge is -2.34. The van der Waals surface area contributed by atoms with E-state index in [2.05, 4.69) is 5.32 Å². The second kappa shape index (κ2) is 5.77. The molecule has 0 saturated carbocycles. The van der Waals surface area contributed by atoms with Crippen LogP contribution in [0, 0.1) is 23.3 Å².